The Morgan fingerprint density at radius 3 is 2.71 bits per heavy atom. The molecule has 0 radical (unpaired) electrons. The van der Waals surface area contributed by atoms with Crippen molar-refractivity contribution in [2.75, 3.05) is 5.32 Å². The van der Waals surface area contributed by atoms with Crippen LogP contribution < -0.4 is 5.32 Å². The largest absolute Gasteiger partial charge is 0.378 e. The van der Waals surface area contributed by atoms with Crippen LogP contribution >= 0.6 is 0 Å². The van der Waals surface area contributed by atoms with E-state index < -0.39 is 0 Å². The van der Waals surface area contributed by atoms with Gasteiger partial charge in [0.15, 0.2) is 0 Å². The van der Waals surface area contributed by atoms with Crippen LogP contribution in [0, 0.1) is 0 Å². The number of rotatable bonds is 5. The number of anilines is 1. The first-order valence-electron chi connectivity index (χ1n) is 7.28. The molecule has 0 saturated heterocycles. The normalized spacial score (nSPS) is 12.3. The van der Waals surface area contributed by atoms with Crippen LogP contribution in [0.4, 0.5) is 5.69 Å². The van der Waals surface area contributed by atoms with Crippen LogP contribution in [0.1, 0.15) is 25.5 Å². The van der Waals surface area contributed by atoms with Crippen molar-refractivity contribution in [1.82, 2.24) is 14.3 Å². The number of aryl methyl sites for hydroxylation is 1. The average molecular weight is 280 g/mol. The van der Waals surface area contributed by atoms with Crippen LogP contribution in [-0.4, -0.2) is 14.3 Å². The predicted molar refractivity (Wildman–Crippen MR) is 85.7 cm³/mol. The summed E-state index contributed by atoms with van der Waals surface area (Å²) in [6.45, 7) is 5.14. The minimum atomic E-state index is 0.227. The first kappa shape index (κ1) is 13.5. The van der Waals surface area contributed by atoms with Crippen LogP contribution in [0.2, 0.25) is 0 Å². The van der Waals surface area contributed by atoms with E-state index in [2.05, 4.69) is 59.3 Å². The molecule has 0 bridgehead atoms. The van der Waals surface area contributed by atoms with Crippen LogP contribution in [0.5, 0.6) is 0 Å². The molecule has 4 nitrogen and oxygen atoms in total. The SMILES string of the molecule is CCn1cc(C(C)Nc2cccc(-n3cccc3)c2)cn1. The lowest BCUT2D eigenvalue weighted by Crippen LogP contribution is -2.06. The maximum absolute atomic E-state index is 4.33. The van der Waals surface area contributed by atoms with Gasteiger partial charge in [-0.3, -0.25) is 4.68 Å². The molecule has 3 aromatic rings. The number of aromatic nitrogens is 3. The molecule has 0 aliphatic rings. The van der Waals surface area contributed by atoms with Gasteiger partial charge < -0.3 is 9.88 Å². The van der Waals surface area contributed by atoms with Gasteiger partial charge >= 0.3 is 0 Å². The van der Waals surface area contributed by atoms with Crippen LogP contribution in [0.3, 0.4) is 0 Å². The van der Waals surface area contributed by atoms with Crippen molar-refractivity contribution in [3.8, 4) is 5.69 Å². The molecule has 0 aliphatic heterocycles. The molecule has 1 aromatic carbocycles. The quantitative estimate of drug-likeness (QED) is 0.770. The summed E-state index contributed by atoms with van der Waals surface area (Å²) in [5, 5.41) is 7.86. The van der Waals surface area contributed by atoms with Gasteiger partial charge in [-0.05, 0) is 44.2 Å². The summed E-state index contributed by atoms with van der Waals surface area (Å²) in [6, 6.07) is 12.7. The second-order valence-electron chi connectivity index (χ2n) is 5.14. The van der Waals surface area contributed by atoms with Gasteiger partial charge in [-0.25, -0.2) is 0 Å². The van der Waals surface area contributed by atoms with Crippen molar-refractivity contribution in [2.24, 2.45) is 0 Å². The van der Waals surface area contributed by atoms with E-state index >= 15 is 0 Å². The number of hydrogen-bond donors (Lipinski definition) is 1. The lowest BCUT2D eigenvalue weighted by Gasteiger charge is -2.15. The second kappa shape index (κ2) is 5.87. The number of nitrogens with zero attached hydrogens (tertiary/aromatic N) is 3. The fraction of sp³-hybridized carbons (Fsp3) is 0.235. The highest BCUT2D eigenvalue weighted by Crippen LogP contribution is 2.21. The Labute approximate surface area is 125 Å². The lowest BCUT2D eigenvalue weighted by molar-refractivity contribution is 0.658. The van der Waals surface area contributed by atoms with Crippen LogP contribution in [0.25, 0.3) is 5.69 Å². The van der Waals surface area contributed by atoms with E-state index in [9.17, 15) is 0 Å². The molecule has 1 atom stereocenters. The first-order chi connectivity index (χ1) is 10.3. The van der Waals surface area contributed by atoms with Gasteiger partial charge in [0, 0.05) is 42.1 Å². The fourth-order valence-electron chi connectivity index (χ4n) is 2.37. The number of hydrogen-bond acceptors (Lipinski definition) is 2. The Balaban J connectivity index is 1.77. The van der Waals surface area contributed by atoms with E-state index in [-0.39, 0.29) is 6.04 Å². The Morgan fingerprint density at radius 1 is 1.19 bits per heavy atom. The average Bonchev–Trinajstić information content (AvgIpc) is 3.19. The molecule has 1 N–H and O–H groups in total. The molecule has 0 saturated carbocycles. The van der Waals surface area contributed by atoms with Crippen LogP contribution in [-0.2, 0) is 6.54 Å². The Hall–Kier alpha value is -2.49. The molecule has 2 heterocycles. The fourth-order valence-corrected chi connectivity index (χ4v) is 2.37. The van der Waals surface area contributed by atoms with E-state index in [1.165, 1.54) is 5.56 Å². The van der Waals surface area contributed by atoms with Gasteiger partial charge in [-0.2, -0.15) is 5.10 Å². The van der Waals surface area contributed by atoms with Gasteiger partial charge in [0.2, 0.25) is 0 Å². The molecule has 3 rings (SSSR count). The molecular formula is C17H20N4. The zero-order valence-electron chi connectivity index (χ0n) is 12.4. The molecule has 1 unspecified atom stereocenters. The monoisotopic (exact) mass is 280 g/mol. The molecule has 4 heteroatoms. The van der Waals surface area contributed by atoms with Gasteiger partial charge in [-0.15, -0.1) is 0 Å². The Morgan fingerprint density at radius 2 is 2.00 bits per heavy atom. The van der Waals surface area contributed by atoms with Gasteiger partial charge in [0.1, 0.15) is 0 Å². The number of benzene rings is 1. The summed E-state index contributed by atoms with van der Waals surface area (Å²) in [5.41, 5.74) is 3.46. The molecule has 21 heavy (non-hydrogen) atoms. The van der Waals surface area contributed by atoms with Crippen molar-refractivity contribution >= 4 is 5.69 Å². The molecule has 0 amide bonds. The third-order valence-corrected chi connectivity index (χ3v) is 3.61. The Kier molecular flexibility index (Phi) is 3.77. The smallest absolute Gasteiger partial charge is 0.0542 e. The highest BCUT2D eigenvalue weighted by Gasteiger charge is 2.08. The van der Waals surface area contributed by atoms with Crippen molar-refractivity contribution in [1.29, 1.82) is 0 Å². The van der Waals surface area contributed by atoms with Gasteiger partial charge in [-0.1, -0.05) is 6.07 Å². The zero-order chi connectivity index (χ0) is 14.7. The maximum Gasteiger partial charge on any atom is 0.0542 e. The molecule has 108 valence electrons. The van der Waals surface area contributed by atoms with Crippen molar-refractivity contribution in [3.05, 3.63) is 66.7 Å². The van der Waals surface area contributed by atoms with Crippen molar-refractivity contribution < 1.29 is 0 Å². The lowest BCUT2D eigenvalue weighted by atomic mass is 10.1. The van der Waals surface area contributed by atoms with E-state index in [0.717, 1.165) is 17.9 Å². The second-order valence-corrected chi connectivity index (χ2v) is 5.14. The summed E-state index contributed by atoms with van der Waals surface area (Å²) in [7, 11) is 0. The van der Waals surface area contributed by atoms with Crippen LogP contribution in [0.15, 0.2) is 61.2 Å². The first-order valence-corrected chi connectivity index (χ1v) is 7.28. The predicted octanol–water partition coefficient (Wildman–Crippen LogP) is 3.87. The molecule has 2 aromatic heterocycles. The summed E-state index contributed by atoms with van der Waals surface area (Å²) in [6.07, 6.45) is 8.12. The summed E-state index contributed by atoms with van der Waals surface area (Å²) < 4.78 is 4.05. The maximum atomic E-state index is 4.33. The minimum Gasteiger partial charge on any atom is -0.378 e. The van der Waals surface area contributed by atoms with E-state index in [0.29, 0.717) is 0 Å². The highest BCUT2D eigenvalue weighted by atomic mass is 15.3. The molecule has 0 aliphatic carbocycles. The molecule has 0 spiro atoms. The van der Waals surface area contributed by atoms with E-state index in [1.54, 1.807) is 0 Å². The summed E-state index contributed by atoms with van der Waals surface area (Å²) in [5.74, 6) is 0. The van der Waals surface area contributed by atoms with Gasteiger partial charge in [0.25, 0.3) is 0 Å². The molecule has 0 fully saturated rings. The van der Waals surface area contributed by atoms with Crippen molar-refractivity contribution in [2.45, 2.75) is 26.4 Å². The topological polar surface area (TPSA) is 34.8 Å². The zero-order valence-corrected chi connectivity index (χ0v) is 12.4. The third-order valence-electron chi connectivity index (χ3n) is 3.61. The number of nitrogens with one attached hydrogen (secondary N) is 1. The van der Waals surface area contributed by atoms with E-state index in [4.69, 9.17) is 0 Å². The van der Waals surface area contributed by atoms with E-state index in [1.807, 2.05) is 35.4 Å². The van der Waals surface area contributed by atoms with Gasteiger partial charge in [0.05, 0.1) is 12.2 Å². The Bertz CT molecular complexity index is 697. The summed E-state index contributed by atoms with van der Waals surface area (Å²) in [4.78, 5) is 0. The minimum absolute atomic E-state index is 0.227. The molecular weight excluding hydrogens is 260 g/mol. The standard InChI is InChI=1S/C17H20N4/c1-3-21-13-15(12-18-21)14(2)19-16-7-6-8-17(11-16)20-9-4-5-10-20/h4-14,19H,3H2,1-2H3. The highest BCUT2D eigenvalue weighted by molar-refractivity contribution is 5.52. The summed E-state index contributed by atoms with van der Waals surface area (Å²) >= 11 is 0. The third kappa shape index (κ3) is 2.99. The van der Waals surface area contributed by atoms with Crippen molar-refractivity contribution in [3.63, 3.8) is 0 Å².